The Hall–Kier alpha value is -2.20. The zero-order valence-electron chi connectivity index (χ0n) is 11.7. The maximum atomic E-state index is 12.1. The second kappa shape index (κ2) is 7.55. The summed E-state index contributed by atoms with van der Waals surface area (Å²) in [6.07, 6.45) is 3.36. The van der Waals surface area contributed by atoms with Crippen molar-refractivity contribution >= 4 is 17.4 Å². The number of benzene rings is 1. The van der Waals surface area contributed by atoms with Gasteiger partial charge in [-0.3, -0.25) is 4.79 Å². The maximum Gasteiger partial charge on any atom is 0.203 e. The minimum absolute atomic E-state index is 0.0439. The average molecular weight is 309 g/mol. The molecule has 0 unspecified atom stereocenters. The van der Waals surface area contributed by atoms with Crippen molar-refractivity contribution in [2.45, 2.75) is 13.3 Å². The first-order valence-corrected chi connectivity index (χ1v) is 6.66. The average Bonchev–Trinajstić information content (AvgIpc) is 2.42. The van der Waals surface area contributed by atoms with Gasteiger partial charge in [0.05, 0.1) is 5.56 Å². The zero-order chi connectivity index (χ0) is 16.0. The summed E-state index contributed by atoms with van der Waals surface area (Å²) < 4.78 is 5.25. The van der Waals surface area contributed by atoms with E-state index in [2.05, 4.69) is 13.2 Å². The molecule has 21 heavy (non-hydrogen) atoms. The van der Waals surface area contributed by atoms with E-state index in [4.69, 9.17) is 16.3 Å². The van der Waals surface area contributed by atoms with Gasteiger partial charge in [0, 0.05) is 11.1 Å². The smallest absolute Gasteiger partial charge is 0.203 e. The van der Waals surface area contributed by atoms with Crippen molar-refractivity contribution in [3.63, 3.8) is 0 Å². The van der Waals surface area contributed by atoms with E-state index in [1.165, 1.54) is 18.2 Å². The molecule has 0 atom stereocenters. The number of carbonyl (C=O) groups excluding carboxylic acids is 1. The number of aryl methyl sites for hydroxylation is 1. The number of carbonyl (C=O) groups is 1. The molecule has 0 radical (unpaired) electrons. The predicted molar refractivity (Wildman–Crippen MR) is 82.7 cm³/mol. The number of hydrogen-bond acceptors (Lipinski definition) is 4. The molecule has 0 aliphatic carbocycles. The molecule has 0 aliphatic rings. The molecule has 0 fully saturated rings. The fraction of sp³-hybridized carbons (Fsp3) is 0.188. The van der Waals surface area contributed by atoms with Gasteiger partial charge in [0.1, 0.15) is 17.3 Å². The van der Waals surface area contributed by atoms with Crippen LogP contribution in [0.5, 0.6) is 11.5 Å². The van der Waals surface area contributed by atoms with Crippen LogP contribution in [0, 0.1) is 0 Å². The summed E-state index contributed by atoms with van der Waals surface area (Å²) in [5, 5.41) is 19.6. The molecule has 0 bridgehead atoms. The van der Waals surface area contributed by atoms with Gasteiger partial charge in [-0.15, -0.1) is 0 Å². The summed E-state index contributed by atoms with van der Waals surface area (Å²) >= 11 is 5.61. The minimum atomic E-state index is -0.421. The molecule has 2 N–H and O–H groups in total. The monoisotopic (exact) mass is 308 g/mol. The minimum Gasteiger partial charge on any atom is -0.508 e. The van der Waals surface area contributed by atoms with Gasteiger partial charge in [-0.05, 0) is 30.2 Å². The highest BCUT2D eigenvalue weighted by Crippen LogP contribution is 2.28. The zero-order valence-corrected chi connectivity index (χ0v) is 12.5. The lowest BCUT2D eigenvalue weighted by Gasteiger charge is -2.10. The second-order valence-corrected chi connectivity index (χ2v) is 4.75. The first kappa shape index (κ1) is 16.9. The first-order valence-electron chi connectivity index (χ1n) is 6.28. The van der Waals surface area contributed by atoms with Crippen molar-refractivity contribution in [2.24, 2.45) is 0 Å². The molecule has 0 saturated heterocycles. The summed E-state index contributed by atoms with van der Waals surface area (Å²) in [6, 6.07) is 2.60. The fourth-order valence-corrected chi connectivity index (χ4v) is 1.78. The van der Waals surface area contributed by atoms with Gasteiger partial charge in [-0.1, -0.05) is 31.7 Å². The number of Topliss-reactive ketones (excluding diaryl/α,β-unsaturated/α-hetero) is 1. The van der Waals surface area contributed by atoms with Crippen LogP contribution in [0.2, 0.25) is 0 Å². The SMILES string of the molecule is C=C/C(=C\C(=C)Cl)OCC(=O)c1cc(CC)c(O)cc1O. The van der Waals surface area contributed by atoms with Crippen LogP contribution < -0.4 is 0 Å². The molecule has 0 heterocycles. The Morgan fingerprint density at radius 1 is 1.38 bits per heavy atom. The van der Waals surface area contributed by atoms with Crippen LogP contribution in [0.15, 0.2) is 48.2 Å². The van der Waals surface area contributed by atoms with E-state index in [9.17, 15) is 15.0 Å². The Morgan fingerprint density at radius 3 is 2.57 bits per heavy atom. The molecule has 5 heteroatoms. The van der Waals surface area contributed by atoms with Gasteiger partial charge in [0.25, 0.3) is 0 Å². The third kappa shape index (κ3) is 4.68. The van der Waals surface area contributed by atoms with E-state index >= 15 is 0 Å². The van der Waals surface area contributed by atoms with E-state index in [0.717, 1.165) is 6.07 Å². The lowest BCUT2D eigenvalue weighted by atomic mass is 10.0. The molecule has 0 aliphatic heterocycles. The molecule has 1 aromatic carbocycles. The number of allylic oxidation sites excluding steroid dienone is 3. The highest BCUT2D eigenvalue weighted by molar-refractivity contribution is 6.30. The van der Waals surface area contributed by atoms with Crippen molar-refractivity contribution in [3.05, 3.63) is 59.4 Å². The Morgan fingerprint density at radius 2 is 2.05 bits per heavy atom. The summed E-state index contributed by atoms with van der Waals surface area (Å²) in [7, 11) is 0. The second-order valence-electron chi connectivity index (χ2n) is 4.26. The molecule has 1 aromatic rings. The van der Waals surface area contributed by atoms with Crippen molar-refractivity contribution < 1.29 is 19.7 Å². The third-order valence-corrected chi connectivity index (χ3v) is 2.86. The van der Waals surface area contributed by atoms with Gasteiger partial charge >= 0.3 is 0 Å². The Balaban J connectivity index is 2.90. The van der Waals surface area contributed by atoms with E-state index in [-0.39, 0.29) is 28.7 Å². The van der Waals surface area contributed by atoms with E-state index in [1.807, 2.05) is 6.92 Å². The predicted octanol–water partition coefficient (Wildman–Crippen LogP) is 3.68. The number of rotatable bonds is 7. The summed E-state index contributed by atoms with van der Waals surface area (Å²) in [6.45, 7) is 8.56. The molecule has 0 spiro atoms. The first-order chi connectivity index (χ1) is 9.88. The Labute approximate surface area is 128 Å². The molecule has 0 saturated carbocycles. The third-order valence-electron chi connectivity index (χ3n) is 2.75. The van der Waals surface area contributed by atoms with E-state index in [0.29, 0.717) is 17.7 Å². The summed E-state index contributed by atoms with van der Waals surface area (Å²) in [5.41, 5.74) is 0.669. The molecule has 4 nitrogen and oxygen atoms in total. The van der Waals surface area contributed by atoms with Crippen molar-refractivity contribution in [3.8, 4) is 11.5 Å². The largest absolute Gasteiger partial charge is 0.508 e. The molecular weight excluding hydrogens is 292 g/mol. The number of ether oxygens (including phenoxy) is 1. The van der Waals surface area contributed by atoms with Crippen LogP contribution in [0.4, 0.5) is 0 Å². The van der Waals surface area contributed by atoms with Gasteiger partial charge in [-0.25, -0.2) is 0 Å². The normalized spacial score (nSPS) is 11.0. The number of phenols is 2. The molecular formula is C16H17ClO4. The molecule has 112 valence electrons. The summed E-state index contributed by atoms with van der Waals surface area (Å²) in [5.74, 6) is -0.450. The van der Waals surface area contributed by atoms with Gasteiger partial charge in [-0.2, -0.15) is 0 Å². The van der Waals surface area contributed by atoms with Crippen molar-refractivity contribution in [1.29, 1.82) is 0 Å². The van der Waals surface area contributed by atoms with Crippen molar-refractivity contribution in [2.75, 3.05) is 6.61 Å². The van der Waals surface area contributed by atoms with Crippen LogP contribution >= 0.6 is 11.6 Å². The number of halogens is 1. The van der Waals surface area contributed by atoms with Crippen molar-refractivity contribution in [1.82, 2.24) is 0 Å². The van der Waals surface area contributed by atoms with Gasteiger partial charge in [0.15, 0.2) is 6.61 Å². The van der Waals surface area contributed by atoms with Crippen LogP contribution in [0.25, 0.3) is 0 Å². The lowest BCUT2D eigenvalue weighted by Crippen LogP contribution is -2.09. The lowest BCUT2D eigenvalue weighted by molar-refractivity contribution is 0.0868. The Bertz CT molecular complexity index is 603. The highest BCUT2D eigenvalue weighted by atomic mass is 35.5. The fourth-order valence-electron chi connectivity index (χ4n) is 1.67. The molecule has 1 rings (SSSR count). The van der Waals surface area contributed by atoms with Gasteiger partial charge < -0.3 is 14.9 Å². The summed E-state index contributed by atoms with van der Waals surface area (Å²) in [4.78, 5) is 12.1. The van der Waals surface area contributed by atoms with Crippen LogP contribution in [0.1, 0.15) is 22.8 Å². The van der Waals surface area contributed by atoms with E-state index in [1.54, 1.807) is 0 Å². The number of ketones is 1. The number of hydrogen-bond donors (Lipinski definition) is 2. The number of aromatic hydroxyl groups is 2. The number of phenolic OH excluding ortho intramolecular Hbond substituents is 2. The standard InChI is InChI=1S/C16H17ClO4/c1-4-11-7-13(15(19)8-14(11)18)16(20)9-21-12(5-2)6-10(3)17/h5-8,18-19H,2-4,9H2,1H3/b12-6+. The molecule has 0 aromatic heterocycles. The topological polar surface area (TPSA) is 66.8 Å². The van der Waals surface area contributed by atoms with E-state index < -0.39 is 5.78 Å². The van der Waals surface area contributed by atoms with Gasteiger partial charge in [0.2, 0.25) is 5.78 Å². The Kier molecular flexibility index (Phi) is 6.06. The maximum absolute atomic E-state index is 12.1. The quantitative estimate of drug-likeness (QED) is 0.458. The van der Waals surface area contributed by atoms with Crippen LogP contribution in [-0.4, -0.2) is 22.6 Å². The molecule has 0 amide bonds. The van der Waals surface area contributed by atoms with Crippen LogP contribution in [0.3, 0.4) is 0 Å². The highest BCUT2D eigenvalue weighted by Gasteiger charge is 2.15. The van der Waals surface area contributed by atoms with Crippen LogP contribution in [-0.2, 0) is 11.2 Å².